The maximum absolute atomic E-state index is 9.10. The second-order valence-corrected chi connectivity index (χ2v) is 7.47. The van der Waals surface area contributed by atoms with Crippen LogP contribution in [0.5, 0.6) is 5.75 Å². The van der Waals surface area contributed by atoms with Gasteiger partial charge in [-0.2, -0.15) is 0 Å². The van der Waals surface area contributed by atoms with Gasteiger partial charge in [0.25, 0.3) is 0 Å². The molecule has 1 aliphatic heterocycles. The van der Waals surface area contributed by atoms with Crippen LogP contribution in [0.2, 0.25) is 5.02 Å². The van der Waals surface area contributed by atoms with Crippen molar-refractivity contribution < 1.29 is 29.3 Å². The largest absolute Gasteiger partial charge is 0.494 e. The van der Waals surface area contributed by atoms with Crippen LogP contribution in [-0.4, -0.2) is 66.5 Å². The summed E-state index contributed by atoms with van der Waals surface area (Å²) in [5.74, 6) is -2.17. The van der Waals surface area contributed by atoms with Gasteiger partial charge in [0.15, 0.2) is 0 Å². The van der Waals surface area contributed by atoms with Gasteiger partial charge in [0.2, 0.25) is 0 Å². The first-order valence-corrected chi connectivity index (χ1v) is 10.3. The van der Waals surface area contributed by atoms with Crippen molar-refractivity contribution in [2.75, 3.05) is 33.4 Å². The van der Waals surface area contributed by atoms with Gasteiger partial charge in [-0.15, -0.1) is 0 Å². The number of ether oxygens (including phenoxy) is 2. The van der Waals surface area contributed by atoms with E-state index in [1.54, 1.807) is 0 Å². The average molecular weight is 430 g/mol. The lowest BCUT2D eigenvalue weighted by Crippen LogP contribution is -2.45. The minimum Gasteiger partial charge on any atom is -0.494 e. The molecule has 2 atom stereocenters. The van der Waals surface area contributed by atoms with Crippen LogP contribution in [-0.2, 0) is 14.3 Å². The predicted molar refractivity (Wildman–Crippen MR) is 112 cm³/mol. The van der Waals surface area contributed by atoms with Crippen molar-refractivity contribution in [2.45, 2.75) is 45.1 Å². The molecule has 0 radical (unpaired) electrons. The van der Waals surface area contributed by atoms with E-state index in [-0.39, 0.29) is 0 Å². The first kappa shape index (κ1) is 25.2. The highest BCUT2D eigenvalue weighted by Crippen LogP contribution is 2.24. The quantitative estimate of drug-likeness (QED) is 0.455. The summed E-state index contributed by atoms with van der Waals surface area (Å²) in [4.78, 5) is 20.8. The average Bonchev–Trinajstić information content (AvgIpc) is 2.71. The van der Waals surface area contributed by atoms with Gasteiger partial charge in [-0.1, -0.05) is 31.4 Å². The van der Waals surface area contributed by atoms with Crippen molar-refractivity contribution in [3.63, 3.8) is 0 Å². The Kier molecular flexibility index (Phi) is 12.3. The van der Waals surface area contributed by atoms with Gasteiger partial charge in [0, 0.05) is 18.7 Å². The summed E-state index contributed by atoms with van der Waals surface area (Å²) in [6, 6.07) is 7.58. The van der Waals surface area contributed by atoms with Crippen LogP contribution in [0.4, 0.5) is 0 Å². The normalized spacial score (nSPS) is 19.1. The molecule has 0 bridgehead atoms. The van der Waals surface area contributed by atoms with Crippen LogP contribution in [0.1, 0.15) is 39.0 Å². The second-order valence-electron chi connectivity index (χ2n) is 7.03. The molecule has 2 N–H and O–H groups in total. The molecular formula is C21H32ClNO6. The highest BCUT2D eigenvalue weighted by atomic mass is 35.5. The van der Waals surface area contributed by atoms with Crippen LogP contribution in [0.15, 0.2) is 24.3 Å². The minimum atomic E-state index is -1.82. The van der Waals surface area contributed by atoms with Crippen LogP contribution >= 0.6 is 11.6 Å². The van der Waals surface area contributed by atoms with Crippen LogP contribution in [0.25, 0.3) is 0 Å². The fourth-order valence-electron chi connectivity index (χ4n) is 3.27. The van der Waals surface area contributed by atoms with E-state index < -0.39 is 11.9 Å². The minimum absolute atomic E-state index is 0.333. The topological polar surface area (TPSA) is 96.3 Å². The number of nitrogens with zero attached hydrogens (tertiary/aromatic N) is 1. The number of likely N-dealkylation sites (tertiary alicyclic amines) is 1. The Bertz CT molecular complexity index is 598. The number of unbranched alkanes of at least 4 members (excludes halogenated alkanes) is 2. The number of hydrogen-bond acceptors (Lipinski definition) is 5. The molecule has 7 nitrogen and oxygen atoms in total. The molecule has 0 saturated carbocycles. The number of halogens is 1. The van der Waals surface area contributed by atoms with Gasteiger partial charge in [-0.25, -0.2) is 9.59 Å². The number of carboxylic acid groups (broad SMARTS) is 2. The lowest BCUT2D eigenvalue weighted by molar-refractivity contribution is -0.159. The van der Waals surface area contributed by atoms with Crippen LogP contribution in [0, 0.1) is 5.92 Å². The molecule has 2 rings (SSSR count). The summed E-state index contributed by atoms with van der Waals surface area (Å²) in [5, 5.41) is 15.5. The maximum atomic E-state index is 9.10. The Morgan fingerprint density at radius 2 is 1.83 bits per heavy atom. The monoisotopic (exact) mass is 429 g/mol. The predicted octanol–water partition coefficient (Wildman–Crippen LogP) is 3.79. The summed E-state index contributed by atoms with van der Waals surface area (Å²) >= 11 is 5.89. The number of piperidine rings is 1. The molecule has 1 aromatic carbocycles. The summed E-state index contributed by atoms with van der Waals surface area (Å²) < 4.78 is 11.6. The number of methoxy groups -OCH3 is 1. The number of rotatable bonds is 9. The third kappa shape index (κ3) is 10.5. The van der Waals surface area contributed by atoms with Crippen LogP contribution < -0.4 is 4.74 Å². The zero-order valence-corrected chi connectivity index (χ0v) is 17.9. The van der Waals surface area contributed by atoms with E-state index in [2.05, 4.69) is 11.8 Å². The summed E-state index contributed by atoms with van der Waals surface area (Å²) in [6.45, 7) is 6.45. The molecule has 1 heterocycles. The van der Waals surface area contributed by atoms with E-state index >= 15 is 0 Å². The summed E-state index contributed by atoms with van der Waals surface area (Å²) in [7, 11) is 1.84. The molecule has 29 heavy (non-hydrogen) atoms. The van der Waals surface area contributed by atoms with Crippen LogP contribution in [0.3, 0.4) is 0 Å². The third-order valence-corrected chi connectivity index (χ3v) is 5.17. The number of hydrogen-bond donors (Lipinski definition) is 2. The Hall–Kier alpha value is -1.83. The lowest BCUT2D eigenvalue weighted by atomic mass is 9.91. The number of carbonyl (C=O) groups is 2. The molecule has 0 aliphatic carbocycles. The van der Waals surface area contributed by atoms with Crippen molar-refractivity contribution in [3.8, 4) is 5.75 Å². The van der Waals surface area contributed by atoms with Crippen molar-refractivity contribution in [1.29, 1.82) is 0 Å². The maximum Gasteiger partial charge on any atom is 0.414 e. The molecule has 0 aromatic heterocycles. The molecule has 0 amide bonds. The molecule has 0 unspecified atom stereocenters. The van der Waals surface area contributed by atoms with Crippen molar-refractivity contribution >= 4 is 23.5 Å². The fourth-order valence-corrected chi connectivity index (χ4v) is 3.40. The number of benzene rings is 1. The van der Waals surface area contributed by atoms with Gasteiger partial charge < -0.3 is 24.6 Å². The van der Waals surface area contributed by atoms with E-state index in [1.807, 2.05) is 31.4 Å². The number of aliphatic carboxylic acids is 2. The molecule has 1 aliphatic rings. The highest BCUT2D eigenvalue weighted by Gasteiger charge is 2.28. The smallest absolute Gasteiger partial charge is 0.414 e. The van der Waals surface area contributed by atoms with E-state index in [9.17, 15) is 0 Å². The van der Waals surface area contributed by atoms with Gasteiger partial charge in [0.05, 0.1) is 12.7 Å². The molecule has 0 spiro atoms. The highest BCUT2D eigenvalue weighted by molar-refractivity contribution is 6.30. The standard InChI is InChI=1S/C19H30ClNO2.C2H2O4/c1-3-4-5-12-21-13-10-16(19(15-21)22-2)11-14-23-18-8-6-17(20)7-9-18;3-1(4)2(5)6/h6-9,16,19H,3-5,10-15H2,1-2H3;(H,3,4)(H,5,6)/t16-,19+;/m0./s1. The van der Waals surface area contributed by atoms with E-state index in [0.29, 0.717) is 12.0 Å². The van der Waals surface area contributed by atoms with E-state index in [1.165, 1.54) is 38.8 Å². The third-order valence-electron chi connectivity index (χ3n) is 4.91. The Morgan fingerprint density at radius 1 is 1.17 bits per heavy atom. The fraction of sp³-hybridized carbons (Fsp3) is 0.619. The summed E-state index contributed by atoms with van der Waals surface area (Å²) in [5.41, 5.74) is 0. The Morgan fingerprint density at radius 3 is 2.38 bits per heavy atom. The van der Waals surface area contributed by atoms with E-state index in [4.69, 9.17) is 40.9 Å². The van der Waals surface area contributed by atoms with Crippen molar-refractivity contribution in [3.05, 3.63) is 29.3 Å². The zero-order valence-electron chi connectivity index (χ0n) is 17.2. The molecule has 1 aromatic rings. The second kappa shape index (κ2) is 14.2. The molecule has 1 saturated heterocycles. The summed E-state index contributed by atoms with van der Waals surface area (Å²) in [6.07, 6.45) is 6.49. The van der Waals surface area contributed by atoms with Gasteiger partial charge in [-0.05, 0) is 62.5 Å². The zero-order chi connectivity index (χ0) is 21.6. The number of carboxylic acids is 2. The molecule has 164 valence electrons. The van der Waals surface area contributed by atoms with Crippen molar-refractivity contribution in [2.24, 2.45) is 5.92 Å². The van der Waals surface area contributed by atoms with Gasteiger partial charge in [-0.3, -0.25) is 0 Å². The lowest BCUT2D eigenvalue weighted by Gasteiger charge is -2.37. The van der Waals surface area contributed by atoms with Gasteiger partial charge in [0.1, 0.15) is 5.75 Å². The SMILES string of the molecule is CCCCCN1CC[C@@H](CCOc2ccc(Cl)cc2)[C@H](OC)C1.O=C(O)C(=O)O. The molecular weight excluding hydrogens is 398 g/mol. The van der Waals surface area contributed by atoms with Crippen molar-refractivity contribution in [1.82, 2.24) is 4.90 Å². The first-order chi connectivity index (χ1) is 13.9. The Balaban J connectivity index is 0.000000612. The molecule has 1 fully saturated rings. The first-order valence-electron chi connectivity index (χ1n) is 9.97. The van der Waals surface area contributed by atoms with Gasteiger partial charge >= 0.3 is 11.9 Å². The van der Waals surface area contributed by atoms with E-state index in [0.717, 1.165) is 30.3 Å². The molecule has 8 heteroatoms. The Labute approximate surface area is 177 Å².